The van der Waals surface area contributed by atoms with E-state index >= 15 is 0 Å². The van der Waals surface area contributed by atoms with Gasteiger partial charge in [-0.2, -0.15) is 0 Å². The molecule has 1 rings (SSSR count). The van der Waals surface area contributed by atoms with Gasteiger partial charge in [0.25, 0.3) is 0 Å². The standard InChI is InChI=1S/C9H17I/c1-2-6-9(10)7-4-3-5-8-9/h2-8H2,1H3. The molecular weight excluding hydrogens is 235 g/mol. The van der Waals surface area contributed by atoms with E-state index < -0.39 is 0 Å². The second-order valence-electron chi connectivity index (χ2n) is 3.46. The molecule has 0 unspecified atom stereocenters. The quantitative estimate of drug-likeness (QED) is 0.516. The Balaban J connectivity index is 2.32. The highest BCUT2D eigenvalue weighted by molar-refractivity contribution is 14.1. The van der Waals surface area contributed by atoms with Gasteiger partial charge in [-0.1, -0.05) is 55.2 Å². The first kappa shape index (κ1) is 8.82. The summed E-state index contributed by atoms with van der Waals surface area (Å²) in [5, 5.41) is 0. The summed E-state index contributed by atoms with van der Waals surface area (Å²) < 4.78 is 0.699. The molecule has 1 aliphatic carbocycles. The van der Waals surface area contributed by atoms with Crippen molar-refractivity contribution < 1.29 is 0 Å². The maximum absolute atomic E-state index is 2.69. The van der Waals surface area contributed by atoms with E-state index in [1.165, 1.54) is 44.9 Å². The van der Waals surface area contributed by atoms with E-state index in [0.717, 1.165) is 0 Å². The van der Waals surface area contributed by atoms with E-state index in [1.54, 1.807) is 0 Å². The fourth-order valence-corrected chi connectivity index (χ4v) is 3.19. The third-order valence-corrected chi connectivity index (χ3v) is 4.07. The molecule has 1 heteroatoms. The first-order chi connectivity index (χ1) is 4.77. The summed E-state index contributed by atoms with van der Waals surface area (Å²) in [5.74, 6) is 0. The first-order valence-electron chi connectivity index (χ1n) is 4.46. The molecule has 0 saturated heterocycles. The summed E-state index contributed by atoms with van der Waals surface area (Å²) in [6, 6.07) is 0. The fraction of sp³-hybridized carbons (Fsp3) is 1.00. The summed E-state index contributed by atoms with van der Waals surface area (Å²) in [6.07, 6.45) is 10.2. The third-order valence-electron chi connectivity index (χ3n) is 2.45. The molecule has 0 aliphatic heterocycles. The first-order valence-corrected chi connectivity index (χ1v) is 5.54. The molecule has 0 aromatic rings. The third kappa shape index (κ3) is 2.40. The molecule has 1 aliphatic rings. The van der Waals surface area contributed by atoms with Crippen LogP contribution in [-0.2, 0) is 0 Å². The van der Waals surface area contributed by atoms with Crippen LogP contribution in [0.1, 0.15) is 51.9 Å². The zero-order chi connectivity index (χ0) is 7.45. The van der Waals surface area contributed by atoms with Gasteiger partial charge in [0.2, 0.25) is 0 Å². The summed E-state index contributed by atoms with van der Waals surface area (Å²) in [5.41, 5.74) is 0. The lowest BCUT2D eigenvalue weighted by Gasteiger charge is -2.31. The van der Waals surface area contributed by atoms with E-state index in [2.05, 4.69) is 29.5 Å². The van der Waals surface area contributed by atoms with Crippen molar-refractivity contribution in [1.29, 1.82) is 0 Å². The second kappa shape index (κ2) is 3.93. The van der Waals surface area contributed by atoms with Gasteiger partial charge in [-0.15, -0.1) is 0 Å². The molecule has 0 amide bonds. The van der Waals surface area contributed by atoms with Gasteiger partial charge in [0.1, 0.15) is 0 Å². The van der Waals surface area contributed by atoms with Crippen molar-refractivity contribution >= 4 is 22.6 Å². The van der Waals surface area contributed by atoms with Gasteiger partial charge in [0.05, 0.1) is 0 Å². The minimum Gasteiger partial charge on any atom is -0.0789 e. The van der Waals surface area contributed by atoms with E-state index in [0.29, 0.717) is 3.42 Å². The van der Waals surface area contributed by atoms with Gasteiger partial charge in [0, 0.05) is 3.42 Å². The van der Waals surface area contributed by atoms with Crippen molar-refractivity contribution in [1.82, 2.24) is 0 Å². The molecule has 0 bridgehead atoms. The Labute approximate surface area is 77.9 Å². The van der Waals surface area contributed by atoms with Crippen molar-refractivity contribution in [3.05, 3.63) is 0 Å². The highest BCUT2D eigenvalue weighted by Gasteiger charge is 2.26. The molecule has 0 radical (unpaired) electrons. The predicted octanol–water partition coefficient (Wildman–Crippen LogP) is 3.92. The van der Waals surface area contributed by atoms with Crippen molar-refractivity contribution in [2.24, 2.45) is 0 Å². The van der Waals surface area contributed by atoms with Crippen LogP contribution in [0.15, 0.2) is 0 Å². The number of halogens is 1. The zero-order valence-electron chi connectivity index (χ0n) is 6.83. The molecule has 0 N–H and O–H groups in total. The Kier molecular flexibility index (Phi) is 3.47. The molecule has 0 nitrogen and oxygen atoms in total. The molecule has 1 saturated carbocycles. The smallest absolute Gasteiger partial charge is 0.0222 e. The Morgan fingerprint density at radius 3 is 2.30 bits per heavy atom. The van der Waals surface area contributed by atoms with Gasteiger partial charge >= 0.3 is 0 Å². The predicted molar refractivity (Wildman–Crippen MR) is 54.7 cm³/mol. The number of rotatable bonds is 2. The highest BCUT2D eigenvalue weighted by atomic mass is 127. The maximum atomic E-state index is 2.69. The minimum atomic E-state index is 0.699. The molecule has 60 valence electrons. The van der Waals surface area contributed by atoms with Crippen LogP contribution in [0.25, 0.3) is 0 Å². The van der Waals surface area contributed by atoms with Gasteiger partial charge in [-0.3, -0.25) is 0 Å². The van der Waals surface area contributed by atoms with Crippen molar-refractivity contribution in [3.63, 3.8) is 0 Å². The number of hydrogen-bond donors (Lipinski definition) is 0. The van der Waals surface area contributed by atoms with Crippen LogP contribution in [0.2, 0.25) is 0 Å². The minimum absolute atomic E-state index is 0.699. The van der Waals surface area contributed by atoms with Crippen LogP contribution in [0, 0.1) is 0 Å². The molecule has 10 heavy (non-hydrogen) atoms. The lowest BCUT2D eigenvalue weighted by Crippen LogP contribution is -2.23. The average molecular weight is 252 g/mol. The van der Waals surface area contributed by atoms with Crippen molar-refractivity contribution in [3.8, 4) is 0 Å². The average Bonchev–Trinajstić information content (AvgIpc) is 1.89. The van der Waals surface area contributed by atoms with Crippen molar-refractivity contribution in [2.75, 3.05) is 0 Å². The maximum Gasteiger partial charge on any atom is 0.0222 e. The molecular formula is C9H17I. The lowest BCUT2D eigenvalue weighted by atomic mass is 9.86. The zero-order valence-corrected chi connectivity index (χ0v) is 8.99. The normalized spacial score (nSPS) is 24.6. The van der Waals surface area contributed by atoms with E-state index in [4.69, 9.17) is 0 Å². The van der Waals surface area contributed by atoms with Crippen LogP contribution >= 0.6 is 22.6 Å². The van der Waals surface area contributed by atoms with Gasteiger partial charge < -0.3 is 0 Å². The molecule has 0 aromatic carbocycles. The van der Waals surface area contributed by atoms with E-state index in [-0.39, 0.29) is 0 Å². The Morgan fingerprint density at radius 1 is 1.20 bits per heavy atom. The molecule has 0 heterocycles. The Hall–Kier alpha value is 0.730. The fourth-order valence-electron chi connectivity index (χ4n) is 1.88. The Morgan fingerprint density at radius 2 is 1.80 bits per heavy atom. The van der Waals surface area contributed by atoms with E-state index in [9.17, 15) is 0 Å². The topological polar surface area (TPSA) is 0 Å². The monoisotopic (exact) mass is 252 g/mol. The SMILES string of the molecule is CCCC1(I)CCCCC1. The number of hydrogen-bond acceptors (Lipinski definition) is 0. The lowest BCUT2D eigenvalue weighted by molar-refractivity contribution is 0.393. The van der Waals surface area contributed by atoms with Crippen molar-refractivity contribution in [2.45, 2.75) is 55.3 Å². The largest absolute Gasteiger partial charge is 0.0789 e. The summed E-state index contributed by atoms with van der Waals surface area (Å²) in [6.45, 7) is 2.30. The van der Waals surface area contributed by atoms with Crippen LogP contribution in [0.5, 0.6) is 0 Å². The van der Waals surface area contributed by atoms with Crippen LogP contribution in [0.3, 0.4) is 0 Å². The Bertz CT molecular complexity index is 87.4. The molecule has 0 aromatic heterocycles. The molecule has 0 spiro atoms. The van der Waals surface area contributed by atoms with Crippen LogP contribution < -0.4 is 0 Å². The number of alkyl halides is 1. The van der Waals surface area contributed by atoms with Crippen LogP contribution in [0.4, 0.5) is 0 Å². The summed E-state index contributed by atoms with van der Waals surface area (Å²) >= 11 is 2.69. The van der Waals surface area contributed by atoms with Gasteiger partial charge in [-0.05, 0) is 19.3 Å². The summed E-state index contributed by atoms with van der Waals surface area (Å²) in [7, 11) is 0. The summed E-state index contributed by atoms with van der Waals surface area (Å²) in [4.78, 5) is 0. The molecule has 1 fully saturated rings. The molecule has 0 atom stereocenters. The van der Waals surface area contributed by atoms with E-state index in [1.807, 2.05) is 0 Å². The second-order valence-corrected chi connectivity index (χ2v) is 5.75. The van der Waals surface area contributed by atoms with Gasteiger partial charge in [0.15, 0.2) is 0 Å². The highest BCUT2D eigenvalue weighted by Crippen LogP contribution is 2.39. The van der Waals surface area contributed by atoms with Gasteiger partial charge in [-0.25, -0.2) is 0 Å². The van der Waals surface area contributed by atoms with Crippen LogP contribution in [-0.4, -0.2) is 3.42 Å².